The second-order valence-corrected chi connectivity index (χ2v) is 5.64. The molecule has 0 aromatic carbocycles. The minimum atomic E-state index is -0.651. The van der Waals surface area contributed by atoms with Gasteiger partial charge in [-0.15, -0.1) is 0 Å². The highest BCUT2D eigenvalue weighted by atomic mass is 16.5. The van der Waals surface area contributed by atoms with Crippen LogP contribution in [0.15, 0.2) is 0 Å². The second-order valence-electron chi connectivity index (χ2n) is 5.64. The van der Waals surface area contributed by atoms with Crippen LogP contribution in [-0.2, 0) is 9.53 Å². The molecule has 3 heteroatoms. The van der Waals surface area contributed by atoms with E-state index in [0.717, 1.165) is 25.7 Å². The lowest BCUT2D eigenvalue weighted by atomic mass is 9.85. The highest BCUT2D eigenvalue weighted by molar-refractivity contribution is 5.67. The van der Waals surface area contributed by atoms with Crippen LogP contribution in [0.4, 0.5) is 0 Å². The van der Waals surface area contributed by atoms with Crippen LogP contribution in [0, 0.1) is 5.92 Å². The Morgan fingerprint density at radius 1 is 0.941 bits per heavy atom. The Morgan fingerprint density at radius 3 is 2.12 bits per heavy atom. The Morgan fingerprint density at radius 2 is 1.53 bits per heavy atom. The maximum absolute atomic E-state index is 10.6. The van der Waals surface area contributed by atoms with E-state index in [0.29, 0.717) is 24.5 Å². The summed E-state index contributed by atoms with van der Waals surface area (Å²) >= 11 is 0. The van der Waals surface area contributed by atoms with E-state index in [1.165, 1.54) is 32.1 Å². The molecule has 0 bridgehead atoms. The number of aliphatic carboxylic acids is 1. The van der Waals surface area contributed by atoms with Gasteiger partial charge in [-0.1, -0.05) is 19.3 Å². The first-order valence-corrected chi connectivity index (χ1v) is 7.11. The Hall–Kier alpha value is -0.570. The quantitative estimate of drug-likeness (QED) is 0.819. The minimum Gasteiger partial charge on any atom is -0.481 e. The minimum absolute atomic E-state index is 0.343. The van der Waals surface area contributed by atoms with E-state index in [4.69, 9.17) is 9.84 Å². The summed E-state index contributed by atoms with van der Waals surface area (Å²) in [5, 5.41) is 8.76. The lowest BCUT2D eigenvalue weighted by molar-refractivity contribution is -0.138. The average molecular weight is 240 g/mol. The molecule has 1 N–H and O–H groups in total. The molecule has 0 saturated heterocycles. The molecule has 0 aromatic rings. The normalized spacial score (nSPS) is 31.3. The van der Waals surface area contributed by atoms with Gasteiger partial charge in [-0.05, 0) is 44.4 Å². The van der Waals surface area contributed by atoms with Gasteiger partial charge >= 0.3 is 5.97 Å². The highest BCUT2D eigenvalue weighted by Gasteiger charge is 2.26. The SMILES string of the molecule is O=C(O)CC1CCC(OC2CCCCC2)CC1. The van der Waals surface area contributed by atoms with Gasteiger partial charge in [-0.25, -0.2) is 0 Å². The predicted octanol–water partition coefficient (Wildman–Crippen LogP) is 3.37. The molecule has 2 fully saturated rings. The van der Waals surface area contributed by atoms with Crippen molar-refractivity contribution in [3.63, 3.8) is 0 Å². The predicted molar refractivity (Wildman–Crippen MR) is 66.0 cm³/mol. The molecule has 17 heavy (non-hydrogen) atoms. The summed E-state index contributed by atoms with van der Waals surface area (Å²) in [4.78, 5) is 10.6. The molecule has 2 aliphatic rings. The van der Waals surface area contributed by atoms with Crippen LogP contribution < -0.4 is 0 Å². The molecule has 0 unspecified atom stereocenters. The van der Waals surface area contributed by atoms with E-state index in [-0.39, 0.29) is 0 Å². The summed E-state index contributed by atoms with van der Waals surface area (Å²) < 4.78 is 6.14. The fourth-order valence-electron chi connectivity index (χ4n) is 3.19. The highest BCUT2D eigenvalue weighted by Crippen LogP contribution is 2.31. The van der Waals surface area contributed by atoms with E-state index in [2.05, 4.69) is 0 Å². The lowest BCUT2D eigenvalue weighted by Gasteiger charge is -2.32. The third kappa shape index (κ3) is 4.30. The van der Waals surface area contributed by atoms with Crippen molar-refractivity contribution < 1.29 is 14.6 Å². The van der Waals surface area contributed by atoms with Crippen LogP contribution in [0.2, 0.25) is 0 Å². The Labute approximate surface area is 104 Å². The molecule has 0 atom stereocenters. The van der Waals surface area contributed by atoms with Crippen LogP contribution in [0.3, 0.4) is 0 Å². The number of hydrogen-bond donors (Lipinski definition) is 1. The van der Waals surface area contributed by atoms with Gasteiger partial charge in [0.1, 0.15) is 0 Å². The topological polar surface area (TPSA) is 46.5 Å². The Bertz CT molecular complexity index is 238. The molecule has 0 aromatic heterocycles. The number of carboxylic acid groups (broad SMARTS) is 1. The second kappa shape index (κ2) is 6.39. The zero-order valence-electron chi connectivity index (χ0n) is 10.6. The van der Waals surface area contributed by atoms with Crippen molar-refractivity contribution in [3.05, 3.63) is 0 Å². The summed E-state index contributed by atoms with van der Waals surface area (Å²) in [7, 11) is 0. The van der Waals surface area contributed by atoms with E-state index < -0.39 is 5.97 Å². The zero-order valence-corrected chi connectivity index (χ0v) is 10.6. The third-order valence-corrected chi connectivity index (χ3v) is 4.19. The van der Waals surface area contributed by atoms with Crippen molar-refractivity contribution in [2.24, 2.45) is 5.92 Å². The van der Waals surface area contributed by atoms with Crippen LogP contribution in [0.5, 0.6) is 0 Å². The van der Waals surface area contributed by atoms with Crippen molar-refractivity contribution >= 4 is 5.97 Å². The molecular weight excluding hydrogens is 216 g/mol. The van der Waals surface area contributed by atoms with E-state index >= 15 is 0 Å². The van der Waals surface area contributed by atoms with Gasteiger partial charge in [0, 0.05) is 6.42 Å². The summed E-state index contributed by atoms with van der Waals surface area (Å²) in [6, 6.07) is 0. The number of ether oxygens (including phenoxy) is 1. The van der Waals surface area contributed by atoms with Crippen LogP contribution >= 0.6 is 0 Å². The van der Waals surface area contributed by atoms with Crippen LogP contribution in [0.25, 0.3) is 0 Å². The third-order valence-electron chi connectivity index (χ3n) is 4.19. The van der Waals surface area contributed by atoms with E-state index in [1.54, 1.807) is 0 Å². The maximum atomic E-state index is 10.6. The Kier molecular flexibility index (Phi) is 4.84. The van der Waals surface area contributed by atoms with Crippen molar-refractivity contribution in [3.8, 4) is 0 Å². The summed E-state index contributed by atoms with van der Waals surface area (Å²) in [6.07, 6.45) is 11.9. The molecule has 0 heterocycles. The number of rotatable bonds is 4. The van der Waals surface area contributed by atoms with E-state index in [9.17, 15) is 4.79 Å². The monoisotopic (exact) mass is 240 g/mol. The summed E-state index contributed by atoms with van der Waals surface area (Å²) in [5.74, 6) is -0.264. The number of carboxylic acids is 1. The molecule has 0 radical (unpaired) electrons. The van der Waals surface area contributed by atoms with Crippen molar-refractivity contribution in [1.82, 2.24) is 0 Å². The van der Waals surface area contributed by atoms with E-state index in [1.807, 2.05) is 0 Å². The van der Waals surface area contributed by atoms with Crippen molar-refractivity contribution in [1.29, 1.82) is 0 Å². The fourth-order valence-corrected chi connectivity index (χ4v) is 3.19. The molecule has 2 aliphatic carbocycles. The summed E-state index contributed by atoms with van der Waals surface area (Å²) in [6.45, 7) is 0. The van der Waals surface area contributed by atoms with Gasteiger partial charge in [0.2, 0.25) is 0 Å². The average Bonchev–Trinajstić information content (AvgIpc) is 2.32. The molecule has 2 saturated carbocycles. The first-order valence-electron chi connectivity index (χ1n) is 7.11. The van der Waals surface area contributed by atoms with Gasteiger partial charge in [-0.2, -0.15) is 0 Å². The van der Waals surface area contributed by atoms with Gasteiger partial charge in [0.05, 0.1) is 12.2 Å². The standard InChI is InChI=1S/C14H24O3/c15-14(16)10-11-6-8-13(9-7-11)17-12-4-2-1-3-5-12/h11-13H,1-10H2,(H,15,16). The smallest absolute Gasteiger partial charge is 0.303 e. The fraction of sp³-hybridized carbons (Fsp3) is 0.929. The van der Waals surface area contributed by atoms with Gasteiger partial charge < -0.3 is 9.84 Å². The summed E-state index contributed by atoms with van der Waals surface area (Å²) in [5.41, 5.74) is 0. The van der Waals surface area contributed by atoms with Gasteiger partial charge in [-0.3, -0.25) is 4.79 Å². The van der Waals surface area contributed by atoms with Gasteiger partial charge in [0.25, 0.3) is 0 Å². The Balaban J connectivity index is 1.66. The molecule has 3 nitrogen and oxygen atoms in total. The molecule has 98 valence electrons. The van der Waals surface area contributed by atoms with Crippen molar-refractivity contribution in [2.75, 3.05) is 0 Å². The first kappa shape index (κ1) is 12.9. The largest absolute Gasteiger partial charge is 0.481 e. The number of carbonyl (C=O) groups is 1. The first-order chi connectivity index (χ1) is 8.24. The van der Waals surface area contributed by atoms with Gasteiger partial charge in [0.15, 0.2) is 0 Å². The molecule has 2 rings (SSSR count). The van der Waals surface area contributed by atoms with Crippen LogP contribution in [0.1, 0.15) is 64.2 Å². The molecule has 0 amide bonds. The maximum Gasteiger partial charge on any atom is 0.303 e. The zero-order chi connectivity index (χ0) is 12.1. The molecule has 0 spiro atoms. The van der Waals surface area contributed by atoms with Crippen LogP contribution in [-0.4, -0.2) is 23.3 Å². The number of hydrogen-bond acceptors (Lipinski definition) is 2. The lowest BCUT2D eigenvalue weighted by Crippen LogP contribution is -2.28. The molecule has 0 aliphatic heterocycles. The molecular formula is C14H24O3. The van der Waals surface area contributed by atoms with Crippen molar-refractivity contribution in [2.45, 2.75) is 76.4 Å².